The zero-order valence-electron chi connectivity index (χ0n) is 17.5. The van der Waals surface area contributed by atoms with Gasteiger partial charge in [-0.05, 0) is 42.7 Å². The average Bonchev–Trinajstić information content (AvgIpc) is 2.75. The molecule has 0 N–H and O–H groups in total. The molecule has 6 heteroatoms. The van der Waals surface area contributed by atoms with Gasteiger partial charge in [0.2, 0.25) is 5.91 Å². The van der Waals surface area contributed by atoms with Crippen molar-refractivity contribution < 1.29 is 19.1 Å². The number of carbonyl (C=O) groups excluding carboxylic acids is 2. The third-order valence-electron chi connectivity index (χ3n) is 5.28. The number of hydrogen-bond donors (Lipinski definition) is 0. The van der Waals surface area contributed by atoms with Crippen LogP contribution in [-0.2, 0) is 20.9 Å². The van der Waals surface area contributed by atoms with Crippen molar-refractivity contribution >= 4 is 23.5 Å². The van der Waals surface area contributed by atoms with Crippen molar-refractivity contribution in [3.05, 3.63) is 76.0 Å². The molecule has 0 spiro atoms. The highest BCUT2D eigenvalue weighted by Crippen LogP contribution is 2.41. The van der Waals surface area contributed by atoms with Crippen LogP contribution in [0, 0.1) is 0 Å². The Bertz CT molecular complexity index is 952. The third kappa shape index (κ3) is 4.51. The van der Waals surface area contributed by atoms with Crippen LogP contribution < -0.4 is 4.74 Å². The molecule has 0 aromatic heterocycles. The lowest BCUT2D eigenvalue weighted by atomic mass is 9.82. The van der Waals surface area contributed by atoms with Gasteiger partial charge in [-0.2, -0.15) is 0 Å². The fourth-order valence-electron chi connectivity index (χ4n) is 3.85. The van der Waals surface area contributed by atoms with E-state index in [0.29, 0.717) is 29.3 Å². The molecule has 0 fully saturated rings. The van der Waals surface area contributed by atoms with Crippen LogP contribution in [0.5, 0.6) is 5.75 Å². The molecule has 1 heterocycles. The number of methoxy groups -OCH3 is 1. The highest BCUT2D eigenvalue weighted by molar-refractivity contribution is 6.31. The minimum atomic E-state index is -0.424. The van der Waals surface area contributed by atoms with E-state index in [2.05, 4.69) is 0 Å². The second kappa shape index (κ2) is 9.81. The van der Waals surface area contributed by atoms with Crippen molar-refractivity contribution in [3.8, 4) is 5.75 Å². The molecule has 1 aliphatic rings. The second-order valence-electron chi connectivity index (χ2n) is 7.04. The standard InChI is InChI=1S/C24H26ClNO4/c1-4-21-23(24(28)30-5-2)19(18-8-6-7-9-20(18)25)14-22(27)26(21)15-16-10-12-17(29-3)13-11-16/h6-13,19H,4-5,14-15H2,1-3H3. The molecule has 0 saturated carbocycles. The van der Waals surface area contributed by atoms with Crippen LogP contribution in [0.3, 0.4) is 0 Å². The Hall–Kier alpha value is -2.79. The first-order chi connectivity index (χ1) is 14.5. The van der Waals surface area contributed by atoms with Gasteiger partial charge in [-0.15, -0.1) is 0 Å². The van der Waals surface area contributed by atoms with E-state index in [9.17, 15) is 9.59 Å². The van der Waals surface area contributed by atoms with Gasteiger partial charge in [0.25, 0.3) is 0 Å². The van der Waals surface area contributed by atoms with E-state index >= 15 is 0 Å². The molecule has 1 atom stereocenters. The van der Waals surface area contributed by atoms with Crippen molar-refractivity contribution in [1.82, 2.24) is 4.90 Å². The summed E-state index contributed by atoms with van der Waals surface area (Å²) in [6.07, 6.45) is 0.689. The number of amides is 1. The summed E-state index contributed by atoms with van der Waals surface area (Å²) in [5, 5.41) is 0.538. The van der Waals surface area contributed by atoms with Gasteiger partial charge in [-0.25, -0.2) is 4.79 Å². The van der Waals surface area contributed by atoms with Crippen molar-refractivity contribution in [1.29, 1.82) is 0 Å². The number of benzene rings is 2. The molecular weight excluding hydrogens is 402 g/mol. The average molecular weight is 428 g/mol. The monoisotopic (exact) mass is 427 g/mol. The van der Waals surface area contributed by atoms with Crippen LogP contribution in [0.2, 0.25) is 5.02 Å². The molecule has 158 valence electrons. The normalized spacial score (nSPS) is 16.6. The van der Waals surface area contributed by atoms with Gasteiger partial charge in [-0.3, -0.25) is 4.79 Å². The molecule has 0 radical (unpaired) electrons. The Morgan fingerprint density at radius 1 is 1.13 bits per heavy atom. The predicted molar refractivity (Wildman–Crippen MR) is 116 cm³/mol. The van der Waals surface area contributed by atoms with Gasteiger partial charge in [-0.1, -0.05) is 48.9 Å². The molecule has 0 aliphatic carbocycles. The zero-order chi connectivity index (χ0) is 21.7. The van der Waals surface area contributed by atoms with Gasteiger partial charge in [0.15, 0.2) is 0 Å². The summed E-state index contributed by atoms with van der Waals surface area (Å²) in [4.78, 5) is 27.9. The van der Waals surface area contributed by atoms with Gasteiger partial charge in [0, 0.05) is 23.1 Å². The van der Waals surface area contributed by atoms with E-state index in [1.54, 1.807) is 25.0 Å². The van der Waals surface area contributed by atoms with Crippen LogP contribution in [-0.4, -0.2) is 30.5 Å². The largest absolute Gasteiger partial charge is 0.497 e. The SMILES string of the molecule is CCOC(=O)C1=C(CC)N(Cc2ccc(OC)cc2)C(=O)CC1c1ccccc1Cl. The minimum absolute atomic E-state index is 0.0411. The highest BCUT2D eigenvalue weighted by Gasteiger charge is 2.38. The summed E-state index contributed by atoms with van der Waals surface area (Å²) in [5.74, 6) is -0.111. The first-order valence-electron chi connectivity index (χ1n) is 10.1. The number of nitrogens with zero attached hydrogens (tertiary/aromatic N) is 1. The molecule has 1 unspecified atom stereocenters. The Labute approximate surface area is 182 Å². The molecule has 0 bridgehead atoms. The highest BCUT2D eigenvalue weighted by atomic mass is 35.5. The fourth-order valence-corrected chi connectivity index (χ4v) is 4.12. The summed E-state index contributed by atoms with van der Waals surface area (Å²) < 4.78 is 10.6. The Balaban J connectivity index is 2.06. The number of carbonyl (C=O) groups is 2. The molecule has 30 heavy (non-hydrogen) atoms. The molecule has 3 rings (SSSR count). The smallest absolute Gasteiger partial charge is 0.336 e. The molecule has 5 nitrogen and oxygen atoms in total. The molecule has 0 saturated heterocycles. The maximum atomic E-state index is 13.2. The number of allylic oxidation sites excluding steroid dienone is 1. The number of rotatable bonds is 7. The van der Waals surface area contributed by atoms with Crippen LogP contribution in [0.25, 0.3) is 0 Å². The van der Waals surface area contributed by atoms with Gasteiger partial charge >= 0.3 is 5.97 Å². The van der Waals surface area contributed by atoms with Gasteiger partial charge in [0.1, 0.15) is 5.75 Å². The number of halogens is 1. The van der Waals surface area contributed by atoms with Gasteiger partial charge < -0.3 is 14.4 Å². The lowest BCUT2D eigenvalue weighted by Crippen LogP contribution is -2.39. The van der Waals surface area contributed by atoms with Crippen LogP contribution in [0.4, 0.5) is 0 Å². The van der Waals surface area contributed by atoms with Crippen LogP contribution in [0.1, 0.15) is 43.7 Å². The maximum absolute atomic E-state index is 13.2. The summed E-state index contributed by atoms with van der Waals surface area (Å²) in [6, 6.07) is 14.9. The molecule has 1 aliphatic heterocycles. The number of ether oxygens (including phenoxy) is 2. The number of hydrogen-bond acceptors (Lipinski definition) is 4. The number of esters is 1. The summed E-state index contributed by atoms with van der Waals surface area (Å²) in [7, 11) is 1.61. The fraction of sp³-hybridized carbons (Fsp3) is 0.333. The van der Waals surface area contributed by atoms with Gasteiger partial charge in [0.05, 0.1) is 25.8 Å². The summed E-state index contributed by atoms with van der Waals surface area (Å²) in [6.45, 7) is 4.36. The van der Waals surface area contributed by atoms with E-state index in [1.165, 1.54) is 0 Å². The molecule has 2 aromatic rings. The second-order valence-corrected chi connectivity index (χ2v) is 7.45. The maximum Gasteiger partial charge on any atom is 0.336 e. The Kier molecular flexibility index (Phi) is 7.16. The molecule has 2 aromatic carbocycles. The van der Waals surface area contributed by atoms with Crippen molar-refractivity contribution in [2.24, 2.45) is 0 Å². The lowest BCUT2D eigenvalue weighted by molar-refractivity contribution is -0.140. The van der Waals surface area contributed by atoms with Crippen LogP contribution in [0.15, 0.2) is 59.8 Å². The van der Waals surface area contributed by atoms with Crippen LogP contribution >= 0.6 is 11.6 Å². The minimum Gasteiger partial charge on any atom is -0.497 e. The third-order valence-corrected chi connectivity index (χ3v) is 5.62. The Morgan fingerprint density at radius 3 is 2.43 bits per heavy atom. The van der Waals surface area contributed by atoms with E-state index < -0.39 is 11.9 Å². The lowest BCUT2D eigenvalue weighted by Gasteiger charge is -2.36. The van der Waals surface area contributed by atoms with Crippen molar-refractivity contribution in [2.45, 2.75) is 39.2 Å². The predicted octanol–water partition coefficient (Wildman–Crippen LogP) is 5.09. The summed E-state index contributed by atoms with van der Waals surface area (Å²) in [5.41, 5.74) is 2.92. The summed E-state index contributed by atoms with van der Waals surface area (Å²) >= 11 is 6.43. The first kappa shape index (κ1) is 21.9. The first-order valence-corrected chi connectivity index (χ1v) is 10.5. The van der Waals surface area contributed by atoms with E-state index in [1.807, 2.05) is 49.4 Å². The quantitative estimate of drug-likeness (QED) is 0.577. The topological polar surface area (TPSA) is 55.8 Å². The van der Waals surface area contributed by atoms with Crippen molar-refractivity contribution in [2.75, 3.05) is 13.7 Å². The van der Waals surface area contributed by atoms with Crippen molar-refractivity contribution in [3.63, 3.8) is 0 Å². The zero-order valence-corrected chi connectivity index (χ0v) is 18.2. The molecule has 1 amide bonds. The Morgan fingerprint density at radius 2 is 1.83 bits per heavy atom. The van der Waals surface area contributed by atoms with E-state index in [-0.39, 0.29) is 18.9 Å². The van der Waals surface area contributed by atoms with E-state index in [0.717, 1.165) is 16.9 Å². The van der Waals surface area contributed by atoms with E-state index in [4.69, 9.17) is 21.1 Å². The molecular formula is C24H26ClNO4.